The van der Waals surface area contributed by atoms with E-state index < -0.39 is 11.4 Å². The van der Waals surface area contributed by atoms with E-state index in [9.17, 15) is 9.59 Å². The number of rotatable bonds is 5. The lowest BCUT2D eigenvalue weighted by Gasteiger charge is -2.36. The third-order valence-electron chi connectivity index (χ3n) is 6.01. The average Bonchev–Trinajstić information content (AvgIpc) is 3.43. The predicted molar refractivity (Wildman–Crippen MR) is 100 cm³/mol. The molecule has 1 aliphatic heterocycles. The second-order valence-electron chi connectivity index (χ2n) is 7.69. The summed E-state index contributed by atoms with van der Waals surface area (Å²) in [6.45, 7) is 0.581. The van der Waals surface area contributed by atoms with Crippen LogP contribution in [0.4, 0.5) is 0 Å². The van der Waals surface area contributed by atoms with E-state index in [0.717, 1.165) is 43.4 Å². The van der Waals surface area contributed by atoms with E-state index in [2.05, 4.69) is 5.16 Å². The van der Waals surface area contributed by atoms with Crippen LogP contribution in [0, 0.1) is 5.92 Å². The van der Waals surface area contributed by atoms with Gasteiger partial charge in [0.05, 0.1) is 0 Å². The molecule has 2 aliphatic rings. The fourth-order valence-electron chi connectivity index (χ4n) is 4.55. The number of nitrogens with two attached hydrogens (primary N) is 1. The molecule has 0 bridgehead atoms. The maximum absolute atomic E-state index is 13.1. The van der Waals surface area contributed by atoms with Crippen molar-refractivity contribution in [3.8, 4) is 11.3 Å². The van der Waals surface area contributed by atoms with E-state index in [-0.39, 0.29) is 18.2 Å². The van der Waals surface area contributed by atoms with E-state index in [1.54, 1.807) is 4.90 Å². The van der Waals surface area contributed by atoms with Crippen LogP contribution < -0.4 is 5.73 Å². The van der Waals surface area contributed by atoms with Crippen LogP contribution in [0.15, 0.2) is 40.9 Å². The Morgan fingerprint density at radius 3 is 2.63 bits per heavy atom. The van der Waals surface area contributed by atoms with Crippen molar-refractivity contribution in [2.45, 2.75) is 50.5 Å². The van der Waals surface area contributed by atoms with Crippen LogP contribution in [0.5, 0.6) is 0 Å². The summed E-state index contributed by atoms with van der Waals surface area (Å²) >= 11 is 0. The van der Waals surface area contributed by atoms with Crippen LogP contribution >= 0.6 is 0 Å². The van der Waals surface area contributed by atoms with Crippen molar-refractivity contribution in [3.05, 3.63) is 42.2 Å². The molecule has 4 rings (SSSR count). The van der Waals surface area contributed by atoms with Crippen LogP contribution in [0.25, 0.3) is 11.3 Å². The molecule has 1 atom stereocenters. The molecule has 27 heavy (non-hydrogen) atoms. The number of primary amides is 1. The summed E-state index contributed by atoms with van der Waals surface area (Å²) in [7, 11) is 0. The minimum absolute atomic E-state index is 0.0245. The molecule has 1 aromatic carbocycles. The molecule has 6 nitrogen and oxygen atoms in total. The lowest BCUT2D eigenvalue weighted by atomic mass is 9.88. The molecule has 1 aliphatic carbocycles. The van der Waals surface area contributed by atoms with Crippen LogP contribution in [0.2, 0.25) is 0 Å². The first-order valence-corrected chi connectivity index (χ1v) is 9.72. The van der Waals surface area contributed by atoms with E-state index in [1.165, 1.54) is 0 Å². The molecule has 2 heterocycles. The quantitative estimate of drug-likeness (QED) is 0.880. The molecule has 142 valence electrons. The van der Waals surface area contributed by atoms with E-state index in [4.69, 9.17) is 10.3 Å². The first-order valence-electron chi connectivity index (χ1n) is 9.72. The molecule has 1 saturated carbocycles. The lowest BCUT2D eigenvalue weighted by molar-refractivity contribution is -0.146. The summed E-state index contributed by atoms with van der Waals surface area (Å²) < 4.78 is 5.51. The molecular weight excluding hydrogens is 342 g/mol. The summed E-state index contributed by atoms with van der Waals surface area (Å²) in [5, 5.41) is 4.14. The molecule has 2 N–H and O–H groups in total. The monoisotopic (exact) mass is 367 g/mol. The Kier molecular flexibility index (Phi) is 4.72. The Morgan fingerprint density at radius 2 is 1.93 bits per heavy atom. The summed E-state index contributed by atoms with van der Waals surface area (Å²) in [6.07, 6.45) is 5.60. The summed E-state index contributed by atoms with van der Waals surface area (Å²) in [6, 6.07) is 11.6. The van der Waals surface area contributed by atoms with Gasteiger partial charge in [0.25, 0.3) is 0 Å². The molecule has 2 aromatic rings. The first-order chi connectivity index (χ1) is 13.1. The highest BCUT2D eigenvalue weighted by Crippen LogP contribution is 2.37. The molecule has 1 unspecified atom stereocenters. The molecular formula is C21H25N3O3. The number of aromatic nitrogens is 1. The zero-order chi connectivity index (χ0) is 18.9. The van der Waals surface area contributed by atoms with Crippen molar-refractivity contribution < 1.29 is 14.1 Å². The van der Waals surface area contributed by atoms with Gasteiger partial charge in [0.1, 0.15) is 17.0 Å². The highest BCUT2D eigenvalue weighted by atomic mass is 16.5. The zero-order valence-corrected chi connectivity index (χ0v) is 15.4. The highest BCUT2D eigenvalue weighted by Gasteiger charge is 2.50. The predicted octanol–water partition coefficient (Wildman–Crippen LogP) is 2.92. The van der Waals surface area contributed by atoms with Gasteiger partial charge in [-0.15, -0.1) is 0 Å². The summed E-state index contributed by atoms with van der Waals surface area (Å²) in [4.78, 5) is 27.3. The first kappa shape index (κ1) is 17.8. The van der Waals surface area contributed by atoms with Crippen molar-refractivity contribution in [2.24, 2.45) is 11.7 Å². The molecule has 0 radical (unpaired) electrons. The van der Waals surface area contributed by atoms with Crippen molar-refractivity contribution in [2.75, 3.05) is 6.54 Å². The van der Waals surface area contributed by atoms with Gasteiger partial charge in [-0.1, -0.05) is 48.3 Å². The average molecular weight is 367 g/mol. The third kappa shape index (κ3) is 3.24. The lowest BCUT2D eigenvalue weighted by Crippen LogP contribution is -2.58. The van der Waals surface area contributed by atoms with Gasteiger partial charge in [-0.2, -0.15) is 0 Å². The normalized spacial score (nSPS) is 23.0. The van der Waals surface area contributed by atoms with Crippen LogP contribution in [-0.4, -0.2) is 34.0 Å². The molecule has 6 heteroatoms. The number of carbonyl (C=O) groups is 2. The number of benzene rings is 1. The number of hydrogen-bond acceptors (Lipinski definition) is 4. The Labute approximate surface area is 158 Å². The molecule has 1 aromatic heterocycles. The zero-order valence-electron chi connectivity index (χ0n) is 15.4. The molecule has 1 saturated heterocycles. The van der Waals surface area contributed by atoms with Crippen LogP contribution in [0.1, 0.15) is 44.3 Å². The van der Waals surface area contributed by atoms with Gasteiger partial charge in [0.2, 0.25) is 11.8 Å². The Bertz CT molecular complexity index is 826. The van der Waals surface area contributed by atoms with E-state index in [1.807, 2.05) is 36.4 Å². The standard InChI is InChI=1S/C21H25N3O3/c22-20(26)21(11-6-12-24(21)19(25)16-9-4-5-10-16)14-17-13-18(23-27-17)15-7-2-1-3-8-15/h1-3,7-8,13,16H,4-6,9-12,14H2,(H2,22,26). The van der Waals surface area contributed by atoms with Crippen molar-refractivity contribution >= 4 is 11.8 Å². The maximum Gasteiger partial charge on any atom is 0.243 e. The second kappa shape index (κ2) is 7.18. The van der Waals surface area contributed by atoms with E-state index >= 15 is 0 Å². The number of carbonyl (C=O) groups excluding carboxylic acids is 2. The second-order valence-corrected chi connectivity index (χ2v) is 7.69. The van der Waals surface area contributed by atoms with Gasteiger partial charge < -0.3 is 15.2 Å². The van der Waals surface area contributed by atoms with Gasteiger partial charge in [-0.05, 0) is 25.7 Å². The van der Waals surface area contributed by atoms with Gasteiger partial charge in [0, 0.05) is 30.5 Å². The topological polar surface area (TPSA) is 89.4 Å². The number of likely N-dealkylation sites (tertiary alicyclic amines) is 1. The number of amides is 2. The number of hydrogen-bond donors (Lipinski definition) is 1. The molecule has 2 amide bonds. The highest BCUT2D eigenvalue weighted by molar-refractivity contribution is 5.92. The molecule has 2 fully saturated rings. The Balaban J connectivity index is 1.59. The minimum atomic E-state index is -1.01. The smallest absolute Gasteiger partial charge is 0.243 e. The SMILES string of the molecule is NC(=O)C1(Cc2cc(-c3ccccc3)no2)CCCN1C(=O)C1CCCC1. The summed E-state index contributed by atoms with van der Waals surface area (Å²) in [5.41, 5.74) is 6.49. The minimum Gasteiger partial charge on any atom is -0.368 e. The van der Waals surface area contributed by atoms with Crippen LogP contribution in [0.3, 0.4) is 0 Å². The van der Waals surface area contributed by atoms with Crippen LogP contribution in [-0.2, 0) is 16.0 Å². The van der Waals surface area contributed by atoms with E-state index in [0.29, 0.717) is 18.7 Å². The van der Waals surface area contributed by atoms with Crippen molar-refractivity contribution in [1.29, 1.82) is 0 Å². The third-order valence-corrected chi connectivity index (χ3v) is 6.01. The van der Waals surface area contributed by atoms with Crippen molar-refractivity contribution in [1.82, 2.24) is 10.1 Å². The summed E-state index contributed by atoms with van der Waals surface area (Å²) in [5.74, 6) is 0.228. The fourth-order valence-corrected chi connectivity index (χ4v) is 4.55. The largest absolute Gasteiger partial charge is 0.368 e. The van der Waals surface area contributed by atoms with Gasteiger partial charge in [-0.3, -0.25) is 9.59 Å². The van der Waals surface area contributed by atoms with Gasteiger partial charge >= 0.3 is 0 Å². The van der Waals surface area contributed by atoms with Gasteiger partial charge in [-0.25, -0.2) is 0 Å². The van der Waals surface area contributed by atoms with Crippen molar-refractivity contribution in [3.63, 3.8) is 0 Å². The van der Waals surface area contributed by atoms with Gasteiger partial charge in [0.15, 0.2) is 0 Å². The number of nitrogens with zero attached hydrogens (tertiary/aromatic N) is 2. The Morgan fingerprint density at radius 1 is 1.19 bits per heavy atom. The molecule has 0 spiro atoms. The Hall–Kier alpha value is -2.63. The fraction of sp³-hybridized carbons (Fsp3) is 0.476. The maximum atomic E-state index is 13.1.